The van der Waals surface area contributed by atoms with E-state index in [4.69, 9.17) is 20.9 Å². The van der Waals surface area contributed by atoms with Crippen LogP contribution in [-0.4, -0.2) is 125 Å². The molecule has 16 nitrogen and oxygen atoms in total. The molecular formula is C28H50N6O10. The molecule has 1 fully saturated rings. The van der Waals surface area contributed by atoms with E-state index in [1.165, 1.54) is 26.8 Å². The fourth-order valence-corrected chi connectivity index (χ4v) is 4.78. The summed E-state index contributed by atoms with van der Waals surface area (Å²) in [5.41, 5.74) is 11.5. The van der Waals surface area contributed by atoms with Gasteiger partial charge in [0.1, 0.15) is 30.4 Å². The lowest BCUT2D eigenvalue weighted by Gasteiger charge is -2.44. The third kappa shape index (κ3) is 13.2. The third-order valence-electron chi connectivity index (χ3n) is 7.02. The molecule has 5 amide bonds. The van der Waals surface area contributed by atoms with Crippen LogP contribution in [0.1, 0.15) is 59.3 Å². The second kappa shape index (κ2) is 20.0. The van der Waals surface area contributed by atoms with E-state index < -0.39 is 73.2 Å². The molecule has 0 bridgehead atoms. The maximum Gasteiger partial charge on any atom is 0.243 e. The lowest BCUT2D eigenvalue weighted by molar-refractivity contribution is -0.268. The van der Waals surface area contributed by atoms with Crippen molar-refractivity contribution in [3.63, 3.8) is 0 Å². The number of nitrogens with zero attached hydrogens (tertiary/aromatic N) is 1. The maximum absolute atomic E-state index is 13.1. The summed E-state index contributed by atoms with van der Waals surface area (Å²) in [7, 11) is 0. The third-order valence-corrected chi connectivity index (χ3v) is 7.02. The van der Waals surface area contributed by atoms with Crippen molar-refractivity contribution in [3.8, 4) is 0 Å². The highest BCUT2D eigenvalue weighted by atomic mass is 16.6. The van der Waals surface area contributed by atoms with Gasteiger partial charge in [-0.05, 0) is 39.2 Å². The normalized spacial score (nSPS) is 23.5. The van der Waals surface area contributed by atoms with Gasteiger partial charge >= 0.3 is 0 Å². The van der Waals surface area contributed by atoms with E-state index in [-0.39, 0.29) is 31.2 Å². The molecule has 1 rings (SSSR count). The molecule has 0 aromatic rings. The number of aliphatic hydroxyl groups excluding tert-OH is 3. The Kier molecular flexibility index (Phi) is 17.7. The topological polar surface area (TPSA) is 256 Å². The summed E-state index contributed by atoms with van der Waals surface area (Å²) >= 11 is 0. The van der Waals surface area contributed by atoms with Gasteiger partial charge in [-0.3, -0.25) is 24.0 Å². The average molecular weight is 631 g/mol. The Balaban J connectivity index is 2.81. The molecule has 16 heteroatoms. The predicted molar refractivity (Wildman–Crippen MR) is 158 cm³/mol. The molecule has 44 heavy (non-hydrogen) atoms. The molecule has 10 N–H and O–H groups in total. The van der Waals surface area contributed by atoms with Gasteiger partial charge in [-0.25, -0.2) is 0 Å². The molecule has 0 aromatic heterocycles. The van der Waals surface area contributed by atoms with E-state index in [0.717, 1.165) is 24.2 Å². The minimum atomic E-state index is -1.61. The van der Waals surface area contributed by atoms with Gasteiger partial charge in [0.05, 0.1) is 18.8 Å². The number of ether oxygens (including phenoxy) is 2. The number of nitrogens with two attached hydrogens (primary N) is 2. The molecule has 0 aliphatic carbocycles. The van der Waals surface area contributed by atoms with Crippen LogP contribution >= 0.6 is 0 Å². The van der Waals surface area contributed by atoms with Crippen LogP contribution < -0.4 is 27.4 Å². The van der Waals surface area contributed by atoms with Crippen molar-refractivity contribution in [2.45, 2.75) is 108 Å². The molecule has 1 aliphatic rings. The van der Waals surface area contributed by atoms with Crippen molar-refractivity contribution < 1.29 is 48.8 Å². The number of carbonyl (C=O) groups excluding carboxylic acids is 5. The van der Waals surface area contributed by atoms with E-state index in [0.29, 0.717) is 19.5 Å². The molecule has 252 valence electrons. The van der Waals surface area contributed by atoms with Crippen molar-refractivity contribution in [1.29, 1.82) is 0 Å². The number of unbranched alkanes of at least 4 members (excludes halogenated alkanes) is 3. The number of primary amides is 1. The summed E-state index contributed by atoms with van der Waals surface area (Å²) < 4.78 is 11.1. The van der Waals surface area contributed by atoms with Gasteiger partial charge in [-0.15, -0.1) is 0 Å². The Morgan fingerprint density at radius 1 is 1.07 bits per heavy atom. The Morgan fingerprint density at radius 3 is 2.20 bits per heavy atom. The quantitative estimate of drug-likeness (QED) is 0.0501. The maximum atomic E-state index is 13.1. The van der Waals surface area contributed by atoms with Crippen LogP contribution in [0.4, 0.5) is 0 Å². The Hall–Kier alpha value is -3.15. The van der Waals surface area contributed by atoms with Crippen LogP contribution in [0.2, 0.25) is 0 Å². The average Bonchev–Trinajstić information content (AvgIpc) is 2.96. The lowest BCUT2D eigenvalue weighted by atomic mass is 9.96. The fourth-order valence-electron chi connectivity index (χ4n) is 4.78. The first-order chi connectivity index (χ1) is 20.7. The molecule has 1 unspecified atom stereocenters. The first-order valence-electron chi connectivity index (χ1n) is 14.8. The lowest BCUT2D eigenvalue weighted by Crippen LogP contribution is -2.65. The molecule has 0 aromatic carbocycles. The minimum absolute atomic E-state index is 0.0882. The highest BCUT2D eigenvalue weighted by Crippen LogP contribution is 2.24. The molecule has 0 spiro atoms. The molecule has 1 saturated heterocycles. The van der Waals surface area contributed by atoms with Crippen molar-refractivity contribution in [2.75, 3.05) is 26.2 Å². The number of rotatable bonds is 20. The van der Waals surface area contributed by atoms with Crippen LogP contribution in [-0.2, 0) is 33.4 Å². The van der Waals surface area contributed by atoms with Crippen LogP contribution in [0.5, 0.6) is 0 Å². The van der Waals surface area contributed by atoms with Gasteiger partial charge in [0.2, 0.25) is 29.5 Å². The highest BCUT2D eigenvalue weighted by Gasteiger charge is 2.46. The van der Waals surface area contributed by atoms with Crippen molar-refractivity contribution in [2.24, 2.45) is 11.5 Å². The first kappa shape index (κ1) is 38.9. The number of hydrogen-bond acceptors (Lipinski definition) is 11. The summed E-state index contributed by atoms with van der Waals surface area (Å²) in [5, 5.41) is 38.5. The zero-order chi connectivity index (χ0) is 33.4. The summed E-state index contributed by atoms with van der Waals surface area (Å²) in [5.74, 6) is -2.59. The van der Waals surface area contributed by atoms with Crippen LogP contribution in [0.25, 0.3) is 0 Å². The summed E-state index contributed by atoms with van der Waals surface area (Å²) in [6.07, 6.45) is -2.22. The zero-order valence-electron chi connectivity index (χ0n) is 25.8. The molecular weight excluding hydrogens is 580 g/mol. The zero-order valence-corrected chi connectivity index (χ0v) is 25.8. The van der Waals surface area contributed by atoms with Gasteiger partial charge in [-0.2, -0.15) is 0 Å². The molecule has 0 saturated carbocycles. The monoisotopic (exact) mass is 630 g/mol. The summed E-state index contributed by atoms with van der Waals surface area (Å²) in [6.45, 7) is 7.62. The van der Waals surface area contributed by atoms with Gasteiger partial charge in [-0.1, -0.05) is 19.4 Å². The Labute approximate surface area is 257 Å². The van der Waals surface area contributed by atoms with Crippen LogP contribution in [0, 0.1) is 0 Å². The van der Waals surface area contributed by atoms with E-state index in [2.05, 4.69) is 22.5 Å². The minimum Gasteiger partial charge on any atom is -0.394 e. The number of nitrogens with one attached hydrogen (secondary N) is 3. The number of carbonyl (C=O) groups is 5. The van der Waals surface area contributed by atoms with E-state index in [9.17, 15) is 39.3 Å². The number of hydrogen-bond donors (Lipinski definition) is 8. The summed E-state index contributed by atoms with van der Waals surface area (Å²) in [4.78, 5) is 62.0. The van der Waals surface area contributed by atoms with Crippen molar-refractivity contribution in [3.05, 3.63) is 12.7 Å². The van der Waals surface area contributed by atoms with E-state index >= 15 is 0 Å². The van der Waals surface area contributed by atoms with Gasteiger partial charge < -0.3 is 57.1 Å². The molecule has 0 radical (unpaired) electrons. The van der Waals surface area contributed by atoms with Gasteiger partial charge in [0, 0.05) is 33.0 Å². The van der Waals surface area contributed by atoms with Crippen LogP contribution in [0.15, 0.2) is 12.7 Å². The molecule has 1 heterocycles. The predicted octanol–water partition coefficient (Wildman–Crippen LogP) is -2.88. The Morgan fingerprint density at radius 2 is 1.68 bits per heavy atom. The van der Waals surface area contributed by atoms with E-state index in [1.807, 2.05) is 0 Å². The van der Waals surface area contributed by atoms with Crippen molar-refractivity contribution >= 4 is 29.5 Å². The van der Waals surface area contributed by atoms with E-state index in [1.54, 1.807) is 0 Å². The molecule has 8 atom stereocenters. The first-order valence-corrected chi connectivity index (χ1v) is 14.8. The second-order valence-electron chi connectivity index (χ2n) is 10.9. The van der Waals surface area contributed by atoms with Crippen molar-refractivity contribution in [1.82, 2.24) is 20.9 Å². The number of amides is 5. The van der Waals surface area contributed by atoms with Crippen LogP contribution in [0.3, 0.4) is 0 Å². The molecule has 1 aliphatic heterocycles. The van der Waals surface area contributed by atoms with Gasteiger partial charge in [0.15, 0.2) is 6.29 Å². The highest BCUT2D eigenvalue weighted by molar-refractivity contribution is 5.89. The summed E-state index contributed by atoms with van der Waals surface area (Å²) in [6, 6.07) is -3.44. The largest absolute Gasteiger partial charge is 0.394 e. The standard InChI is InChI=1S/C28H50N6O10/c1-5-21(37)31-12-8-6-7-9-13-32-22(38)11-10-19(26(30)40)34(27(41)17(3)29)14-16(2)43-25-23(33-18(4)36)28(42)44-20(15-35)24(25)39/h5,16-17,19-20,23-25,28,35,39,42H,1,6-15,29H2,2-4H3,(H2,30,40)(H,31,37)(H,32,38)(H,33,36)/t16?,17-,19+,20+,23+,24+,25+,28-/m0/s1. The fraction of sp³-hybridized carbons (Fsp3) is 0.750. The van der Waals surface area contributed by atoms with Gasteiger partial charge in [0.25, 0.3) is 0 Å². The second-order valence-corrected chi connectivity index (χ2v) is 10.9. The number of aliphatic hydroxyl groups is 3. The Bertz CT molecular complexity index is 967. The SMILES string of the molecule is C=CC(=O)NCCCCCCNC(=O)CC[C@H](C(N)=O)N(CC(C)O[C@H]1[C@H](O)[C@@H](CO)O[C@H](O)[C@@H]1NC(C)=O)C(=O)[C@H](C)N. The smallest absolute Gasteiger partial charge is 0.243 e.